The zero-order valence-corrected chi connectivity index (χ0v) is 8.02. The first kappa shape index (κ1) is 10.5. The Labute approximate surface area is 81.8 Å². The van der Waals surface area contributed by atoms with E-state index in [0.717, 1.165) is 0 Å². The molecule has 1 atom stereocenters. The number of methoxy groups -OCH3 is 1. The average molecular weight is 196 g/mol. The maximum absolute atomic E-state index is 10.7. The van der Waals surface area contributed by atoms with Crippen LogP contribution in [-0.2, 0) is 10.4 Å². The summed E-state index contributed by atoms with van der Waals surface area (Å²) in [5, 5.41) is 18.4. The van der Waals surface area contributed by atoms with E-state index in [1.54, 1.807) is 12.1 Å². The minimum Gasteiger partial charge on any atom is -0.497 e. The van der Waals surface area contributed by atoms with Crippen molar-refractivity contribution in [2.45, 2.75) is 12.5 Å². The number of ether oxygens (including phenoxy) is 1. The molecule has 76 valence electrons. The minimum absolute atomic E-state index is 0.296. The third-order valence-electron chi connectivity index (χ3n) is 2.05. The van der Waals surface area contributed by atoms with Crippen LogP contribution in [0.2, 0.25) is 0 Å². The van der Waals surface area contributed by atoms with Gasteiger partial charge in [-0.15, -0.1) is 0 Å². The quantitative estimate of drug-likeness (QED) is 0.756. The Kier molecular flexibility index (Phi) is 2.76. The molecule has 2 N–H and O–H groups in total. The fourth-order valence-corrected chi connectivity index (χ4v) is 1.05. The fourth-order valence-electron chi connectivity index (χ4n) is 1.05. The monoisotopic (exact) mass is 196 g/mol. The predicted octanol–water partition coefficient (Wildman–Crippen LogP) is 0.987. The van der Waals surface area contributed by atoms with Gasteiger partial charge in [0, 0.05) is 0 Å². The molecule has 1 rings (SSSR count). The van der Waals surface area contributed by atoms with Crippen molar-refractivity contribution in [2.24, 2.45) is 0 Å². The normalized spacial score (nSPS) is 14.5. The van der Waals surface area contributed by atoms with Crippen molar-refractivity contribution in [3.8, 4) is 5.75 Å². The van der Waals surface area contributed by atoms with Gasteiger partial charge in [-0.1, -0.05) is 12.1 Å². The second kappa shape index (κ2) is 3.67. The number of carboxylic acid groups (broad SMARTS) is 1. The average Bonchev–Trinajstić information content (AvgIpc) is 2.17. The number of carbonyl (C=O) groups is 1. The van der Waals surface area contributed by atoms with Crippen LogP contribution in [0.15, 0.2) is 24.3 Å². The molecule has 0 saturated heterocycles. The van der Waals surface area contributed by atoms with Crippen molar-refractivity contribution < 1.29 is 19.7 Å². The summed E-state index contributed by atoms with van der Waals surface area (Å²) in [6.45, 7) is 1.23. The molecule has 0 aliphatic carbocycles. The van der Waals surface area contributed by atoms with Gasteiger partial charge in [-0.3, -0.25) is 0 Å². The number of hydrogen-bond donors (Lipinski definition) is 2. The number of aliphatic carboxylic acids is 1. The Morgan fingerprint density at radius 1 is 1.50 bits per heavy atom. The Balaban J connectivity index is 3.12. The van der Waals surface area contributed by atoms with Gasteiger partial charge in [0.15, 0.2) is 5.60 Å². The van der Waals surface area contributed by atoms with Gasteiger partial charge in [0.25, 0.3) is 0 Å². The topological polar surface area (TPSA) is 66.8 Å². The van der Waals surface area contributed by atoms with Gasteiger partial charge in [0.1, 0.15) is 5.75 Å². The van der Waals surface area contributed by atoms with Crippen molar-refractivity contribution in [3.63, 3.8) is 0 Å². The summed E-state index contributed by atoms with van der Waals surface area (Å²) in [6, 6.07) is 6.35. The Hall–Kier alpha value is -1.55. The highest BCUT2D eigenvalue weighted by Gasteiger charge is 2.32. The van der Waals surface area contributed by atoms with Crippen molar-refractivity contribution in [1.82, 2.24) is 0 Å². The lowest BCUT2D eigenvalue weighted by atomic mass is 9.96. The molecule has 14 heavy (non-hydrogen) atoms. The SMILES string of the molecule is COc1cccc([C@](C)(O)C(=O)O)c1. The molecular weight excluding hydrogens is 184 g/mol. The van der Waals surface area contributed by atoms with Gasteiger partial charge in [-0.2, -0.15) is 0 Å². The van der Waals surface area contributed by atoms with E-state index in [9.17, 15) is 9.90 Å². The fraction of sp³-hybridized carbons (Fsp3) is 0.300. The standard InChI is InChI=1S/C10H12O4/c1-10(13,9(11)12)7-4-3-5-8(6-7)14-2/h3-6,13H,1-2H3,(H,11,12)/t10-/m0/s1. The van der Waals surface area contributed by atoms with Crippen LogP contribution in [0.5, 0.6) is 5.75 Å². The number of carboxylic acids is 1. The molecule has 4 heteroatoms. The molecule has 1 aromatic rings. The number of aliphatic hydroxyl groups is 1. The molecule has 0 radical (unpaired) electrons. The van der Waals surface area contributed by atoms with Gasteiger partial charge in [0.05, 0.1) is 7.11 Å². The molecule has 0 fully saturated rings. The number of rotatable bonds is 3. The first-order valence-corrected chi connectivity index (χ1v) is 4.09. The molecule has 0 heterocycles. The second-order valence-electron chi connectivity index (χ2n) is 3.11. The maximum Gasteiger partial charge on any atom is 0.340 e. The molecule has 0 aliphatic heterocycles. The van der Waals surface area contributed by atoms with Crippen LogP contribution in [0, 0.1) is 0 Å². The van der Waals surface area contributed by atoms with Crippen LogP contribution in [0.4, 0.5) is 0 Å². The van der Waals surface area contributed by atoms with Gasteiger partial charge in [0.2, 0.25) is 0 Å². The molecule has 0 bridgehead atoms. The van der Waals surface area contributed by atoms with E-state index in [0.29, 0.717) is 11.3 Å². The molecule has 4 nitrogen and oxygen atoms in total. The van der Waals surface area contributed by atoms with E-state index >= 15 is 0 Å². The van der Waals surface area contributed by atoms with E-state index in [1.165, 1.54) is 26.2 Å². The van der Waals surface area contributed by atoms with E-state index in [1.807, 2.05) is 0 Å². The predicted molar refractivity (Wildman–Crippen MR) is 50.2 cm³/mol. The minimum atomic E-state index is -1.88. The summed E-state index contributed by atoms with van der Waals surface area (Å²) in [5.41, 5.74) is -1.58. The summed E-state index contributed by atoms with van der Waals surface area (Å²) in [6.07, 6.45) is 0. The van der Waals surface area contributed by atoms with Crippen LogP contribution in [0.3, 0.4) is 0 Å². The maximum atomic E-state index is 10.7. The molecule has 0 amide bonds. The largest absolute Gasteiger partial charge is 0.497 e. The van der Waals surface area contributed by atoms with Crippen LogP contribution >= 0.6 is 0 Å². The van der Waals surface area contributed by atoms with Crippen LogP contribution < -0.4 is 4.74 Å². The molecule has 0 aliphatic rings. The van der Waals surface area contributed by atoms with E-state index in [-0.39, 0.29) is 0 Å². The van der Waals surface area contributed by atoms with Gasteiger partial charge >= 0.3 is 5.97 Å². The first-order chi connectivity index (χ1) is 6.48. The van der Waals surface area contributed by atoms with Crippen LogP contribution in [0.1, 0.15) is 12.5 Å². The summed E-state index contributed by atoms with van der Waals surface area (Å²) in [5.74, 6) is -0.769. The Morgan fingerprint density at radius 3 is 2.64 bits per heavy atom. The first-order valence-electron chi connectivity index (χ1n) is 4.09. The third-order valence-corrected chi connectivity index (χ3v) is 2.05. The van der Waals surface area contributed by atoms with Crippen molar-refractivity contribution in [2.75, 3.05) is 7.11 Å². The van der Waals surface area contributed by atoms with Gasteiger partial charge in [-0.05, 0) is 24.6 Å². The van der Waals surface area contributed by atoms with Gasteiger partial charge < -0.3 is 14.9 Å². The third kappa shape index (κ3) is 1.85. The highest BCUT2D eigenvalue weighted by Crippen LogP contribution is 2.24. The second-order valence-corrected chi connectivity index (χ2v) is 3.11. The summed E-state index contributed by atoms with van der Waals surface area (Å²) < 4.78 is 4.93. The molecule has 0 saturated carbocycles. The zero-order valence-electron chi connectivity index (χ0n) is 8.02. The molecule has 1 aromatic carbocycles. The summed E-state index contributed by atoms with van der Waals surface area (Å²) in [7, 11) is 1.48. The van der Waals surface area contributed by atoms with Crippen molar-refractivity contribution in [3.05, 3.63) is 29.8 Å². The molecule has 0 spiro atoms. The van der Waals surface area contributed by atoms with Crippen molar-refractivity contribution in [1.29, 1.82) is 0 Å². The molecule has 0 unspecified atom stereocenters. The van der Waals surface area contributed by atoms with Crippen LogP contribution in [0.25, 0.3) is 0 Å². The summed E-state index contributed by atoms with van der Waals surface area (Å²) >= 11 is 0. The lowest BCUT2D eigenvalue weighted by molar-refractivity contribution is -0.157. The summed E-state index contributed by atoms with van der Waals surface area (Å²) in [4.78, 5) is 10.7. The Morgan fingerprint density at radius 2 is 2.14 bits per heavy atom. The van der Waals surface area contributed by atoms with Crippen LogP contribution in [-0.4, -0.2) is 23.3 Å². The molecular formula is C10H12O4. The smallest absolute Gasteiger partial charge is 0.340 e. The van der Waals surface area contributed by atoms with Gasteiger partial charge in [-0.25, -0.2) is 4.79 Å². The van der Waals surface area contributed by atoms with E-state index < -0.39 is 11.6 Å². The lowest BCUT2D eigenvalue weighted by Crippen LogP contribution is -2.31. The van der Waals surface area contributed by atoms with E-state index in [4.69, 9.17) is 9.84 Å². The highest BCUT2D eigenvalue weighted by atomic mass is 16.5. The molecule has 0 aromatic heterocycles. The highest BCUT2D eigenvalue weighted by molar-refractivity contribution is 5.78. The van der Waals surface area contributed by atoms with E-state index in [2.05, 4.69) is 0 Å². The lowest BCUT2D eigenvalue weighted by Gasteiger charge is -2.18. The zero-order chi connectivity index (χ0) is 10.8. The number of hydrogen-bond acceptors (Lipinski definition) is 3. The van der Waals surface area contributed by atoms with Crippen molar-refractivity contribution >= 4 is 5.97 Å². The Bertz CT molecular complexity index is 344. The number of benzene rings is 1.